The van der Waals surface area contributed by atoms with Crippen LogP contribution in [0.5, 0.6) is 0 Å². The zero-order valence-electron chi connectivity index (χ0n) is 14.5. The second-order valence-electron chi connectivity index (χ2n) is 6.48. The molecule has 1 aliphatic carbocycles. The van der Waals surface area contributed by atoms with E-state index in [0.717, 1.165) is 0 Å². The second-order valence-corrected chi connectivity index (χ2v) is 8.80. The third kappa shape index (κ3) is 6.45. The fourth-order valence-corrected chi connectivity index (χ4v) is 3.06. The molecule has 7 nitrogen and oxygen atoms in total. The van der Waals surface area contributed by atoms with Gasteiger partial charge < -0.3 is 11.1 Å². The van der Waals surface area contributed by atoms with Gasteiger partial charge in [-0.05, 0) is 46.1 Å². The van der Waals surface area contributed by atoms with Crippen LogP contribution in [0.3, 0.4) is 0 Å². The van der Waals surface area contributed by atoms with Crippen molar-refractivity contribution in [2.75, 3.05) is 6.54 Å². The Balaban J connectivity index is 2.37. The molecule has 2 amide bonds. The SMILES string of the molecule is CC(C)S(=O)(=O)NCCCCC(=O)NC1(C)C=C(C(N)=O)C=CC1. The quantitative estimate of drug-likeness (QED) is 0.527. The number of amides is 2. The topological polar surface area (TPSA) is 118 Å². The summed E-state index contributed by atoms with van der Waals surface area (Å²) in [5.74, 6) is -0.663. The first kappa shape index (κ1) is 20.4. The van der Waals surface area contributed by atoms with E-state index in [1.54, 1.807) is 32.1 Å². The van der Waals surface area contributed by atoms with E-state index in [4.69, 9.17) is 5.73 Å². The molecular formula is C16H27N3O4S. The Morgan fingerprint density at radius 2 is 2.00 bits per heavy atom. The monoisotopic (exact) mass is 357 g/mol. The first-order chi connectivity index (χ1) is 11.1. The molecule has 1 unspecified atom stereocenters. The summed E-state index contributed by atoms with van der Waals surface area (Å²) in [5.41, 5.74) is 5.01. The Hall–Kier alpha value is -1.67. The van der Waals surface area contributed by atoms with Crippen molar-refractivity contribution in [3.8, 4) is 0 Å². The van der Waals surface area contributed by atoms with Gasteiger partial charge in [-0.25, -0.2) is 13.1 Å². The maximum Gasteiger partial charge on any atom is 0.248 e. The van der Waals surface area contributed by atoms with Crippen LogP contribution in [0.4, 0.5) is 0 Å². The molecule has 24 heavy (non-hydrogen) atoms. The minimum absolute atomic E-state index is 0.139. The van der Waals surface area contributed by atoms with Gasteiger partial charge in [0.15, 0.2) is 0 Å². The lowest BCUT2D eigenvalue weighted by Crippen LogP contribution is -2.45. The van der Waals surface area contributed by atoms with Gasteiger partial charge in [-0.2, -0.15) is 0 Å². The summed E-state index contributed by atoms with van der Waals surface area (Å²) in [7, 11) is -3.26. The number of nitrogens with two attached hydrogens (primary N) is 1. The van der Waals surface area contributed by atoms with Gasteiger partial charge in [0.2, 0.25) is 21.8 Å². The molecule has 1 atom stereocenters. The van der Waals surface area contributed by atoms with E-state index in [9.17, 15) is 18.0 Å². The van der Waals surface area contributed by atoms with Gasteiger partial charge in [0.05, 0.1) is 10.8 Å². The molecule has 4 N–H and O–H groups in total. The van der Waals surface area contributed by atoms with Crippen LogP contribution in [-0.4, -0.2) is 37.6 Å². The predicted octanol–water partition coefficient (Wildman–Crippen LogP) is 0.731. The number of carbonyl (C=O) groups is 2. The van der Waals surface area contributed by atoms with Crippen LogP contribution in [-0.2, 0) is 19.6 Å². The molecule has 0 saturated heterocycles. The zero-order valence-corrected chi connectivity index (χ0v) is 15.3. The molecular weight excluding hydrogens is 330 g/mol. The van der Waals surface area contributed by atoms with Crippen molar-refractivity contribution in [1.82, 2.24) is 10.0 Å². The summed E-state index contributed by atoms with van der Waals surface area (Å²) in [6.45, 7) is 5.37. The maximum atomic E-state index is 12.0. The molecule has 0 aromatic rings. The van der Waals surface area contributed by atoms with Gasteiger partial charge in [-0.15, -0.1) is 0 Å². The van der Waals surface area contributed by atoms with E-state index in [1.807, 2.05) is 6.92 Å². The molecule has 0 saturated carbocycles. The van der Waals surface area contributed by atoms with Crippen LogP contribution < -0.4 is 15.8 Å². The average molecular weight is 357 g/mol. The van der Waals surface area contributed by atoms with Crippen molar-refractivity contribution in [2.24, 2.45) is 5.73 Å². The van der Waals surface area contributed by atoms with E-state index in [2.05, 4.69) is 10.0 Å². The van der Waals surface area contributed by atoms with Crippen molar-refractivity contribution in [2.45, 2.75) is 57.2 Å². The van der Waals surface area contributed by atoms with Crippen molar-refractivity contribution in [3.05, 3.63) is 23.8 Å². The fraction of sp³-hybridized carbons (Fsp3) is 0.625. The van der Waals surface area contributed by atoms with Gasteiger partial charge in [-0.3, -0.25) is 9.59 Å². The number of unbranched alkanes of at least 4 members (excludes halogenated alkanes) is 1. The van der Waals surface area contributed by atoms with E-state index in [0.29, 0.717) is 37.8 Å². The van der Waals surface area contributed by atoms with Gasteiger partial charge in [0.25, 0.3) is 0 Å². The third-order valence-corrected chi connectivity index (χ3v) is 5.63. The largest absolute Gasteiger partial charge is 0.366 e. The Morgan fingerprint density at radius 3 is 2.58 bits per heavy atom. The number of nitrogens with one attached hydrogen (secondary N) is 2. The van der Waals surface area contributed by atoms with Crippen LogP contribution in [0.25, 0.3) is 0 Å². The molecule has 136 valence electrons. The molecule has 8 heteroatoms. The fourth-order valence-electron chi connectivity index (χ4n) is 2.29. The first-order valence-corrected chi connectivity index (χ1v) is 9.59. The van der Waals surface area contributed by atoms with E-state index in [-0.39, 0.29) is 5.91 Å². The number of primary amides is 1. The average Bonchev–Trinajstić information content (AvgIpc) is 2.46. The number of hydrogen-bond donors (Lipinski definition) is 3. The van der Waals surface area contributed by atoms with E-state index >= 15 is 0 Å². The first-order valence-electron chi connectivity index (χ1n) is 8.04. The predicted molar refractivity (Wildman–Crippen MR) is 93.5 cm³/mol. The normalized spacial score (nSPS) is 20.8. The van der Waals surface area contributed by atoms with Crippen molar-refractivity contribution in [3.63, 3.8) is 0 Å². The highest BCUT2D eigenvalue weighted by molar-refractivity contribution is 7.90. The third-order valence-electron chi connectivity index (χ3n) is 3.78. The molecule has 1 aliphatic rings. The Morgan fingerprint density at radius 1 is 1.33 bits per heavy atom. The number of sulfonamides is 1. The molecule has 0 aromatic carbocycles. The van der Waals surface area contributed by atoms with Gasteiger partial charge in [0.1, 0.15) is 0 Å². The molecule has 0 radical (unpaired) electrons. The van der Waals surface area contributed by atoms with Crippen LogP contribution in [0.15, 0.2) is 23.8 Å². The van der Waals surface area contributed by atoms with Crippen LogP contribution in [0, 0.1) is 0 Å². The maximum absolute atomic E-state index is 12.0. The number of carbonyl (C=O) groups excluding carboxylic acids is 2. The highest BCUT2D eigenvalue weighted by Gasteiger charge is 2.26. The van der Waals surface area contributed by atoms with E-state index in [1.165, 1.54) is 0 Å². The molecule has 0 bridgehead atoms. The summed E-state index contributed by atoms with van der Waals surface area (Å²) < 4.78 is 25.7. The lowest BCUT2D eigenvalue weighted by Gasteiger charge is -2.29. The lowest BCUT2D eigenvalue weighted by molar-refractivity contribution is -0.122. The minimum atomic E-state index is -3.26. The smallest absolute Gasteiger partial charge is 0.248 e. The molecule has 0 fully saturated rings. The molecule has 0 aliphatic heterocycles. The molecule has 0 spiro atoms. The molecule has 1 rings (SSSR count). The van der Waals surface area contributed by atoms with Gasteiger partial charge >= 0.3 is 0 Å². The summed E-state index contributed by atoms with van der Waals surface area (Å²) in [4.78, 5) is 23.3. The number of rotatable bonds is 9. The number of hydrogen-bond acceptors (Lipinski definition) is 4. The molecule has 0 aromatic heterocycles. The highest BCUT2D eigenvalue weighted by atomic mass is 32.2. The minimum Gasteiger partial charge on any atom is -0.366 e. The lowest BCUT2D eigenvalue weighted by atomic mass is 9.89. The Kier molecular flexibility index (Phi) is 7.16. The van der Waals surface area contributed by atoms with Gasteiger partial charge in [-0.1, -0.05) is 12.2 Å². The van der Waals surface area contributed by atoms with Crippen LogP contribution in [0.1, 0.15) is 46.5 Å². The van der Waals surface area contributed by atoms with Crippen molar-refractivity contribution < 1.29 is 18.0 Å². The summed E-state index contributed by atoms with van der Waals surface area (Å²) >= 11 is 0. The van der Waals surface area contributed by atoms with Crippen molar-refractivity contribution in [1.29, 1.82) is 0 Å². The van der Waals surface area contributed by atoms with Crippen LogP contribution >= 0.6 is 0 Å². The van der Waals surface area contributed by atoms with Gasteiger partial charge in [0, 0.05) is 18.5 Å². The summed E-state index contributed by atoms with van der Waals surface area (Å²) in [6, 6.07) is 0. The summed E-state index contributed by atoms with van der Waals surface area (Å²) in [5, 5.41) is 2.43. The zero-order chi connectivity index (χ0) is 18.4. The van der Waals surface area contributed by atoms with E-state index < -0.39 is 26.7 Å². The standard InChI is InChI=1S/C16H27N3O4S/c1-12(2)24(22,23)18-10-5-4-8-14(20)19-16(3)9-6-7-13(11-16)15(17)21/h6-7,11-12,18H,4-5,8-10H2,1-3H3,(H2,17,21)(H,19,20). The Labute approximate surface area is 143 Å². The highest BCUT2D eigenvalue weighted by Crippen LogP contribution is 2.21. The summed E-state index contributed by atoms with van der Waals surface area (Å²) in [6.07, 6.45) is 7.16. The van der Waals surface area contributed by atoms with Crippen LogP contribution in [0.2, 0.25) is 0 Å². The molecule has 0 heterocycles. The van der Waals surface area contributed by atoms with Crippen molar-refractivity contribution >= 4 is 21.8 Å². The second kappa shape index (κ2) is 8.43. The Bertz CT molecular complexity index is 638.